The summed E-state index contributed by atoms with van der Waals surface area (Å²) in [4.78, 5) is 33.4. The third-order valence-corrected chi connectivity index (χ3v) is 8.48. The number of allylic oxidation sites excluding steroid dienone is 2. The number of aliphatic hydroxyl groups is 1. The molecule has 1 N–H and O–H groups in total. The molecule has 2 amide bonds. The van der Waals surface area contributed by atoms with Crippen LogP contribution >= 0.6 is 0 Å². The van der Waals surface area contributed by atoms with Gasteiger partial charge in [-0.15, -0.1) is 0 Å². The Morgan fingerprint density at radius 3 is 1.92 bits per heavy atom. The molecule has 0 radical (unpaired) electrons. The molecule has 2 unspecified atom stereocenters. The van der Waals surface area contributed by atoms with E-state index in [0.29, 0.717) is 58.3 Å². The minimum absolute atomic E-state index is 0.0614. The summed E-state index contributed by atoms with van der Waals surface area (Å²) in [5, 5.41) is 11.2. The van der Waals surface area contributed by atoms with E-state index in [4.69, 9.17) is 4.74 Å². The highest BCUT2D eigenvalue weighted by atomic mass is 16.5. The lowest BCUT2D eigenvalue weighted by Crippen LogP contribution is -2.54. The summed E-state index contributed by atoms with van der Waals surface area (Å²) >= 11 is 0. The van der Waals surface area contributed by atoms with Crippen molar-refractivity contribution in [3.05, 3.63) is 72.3 Å². The number of anilines is 1. The van der Waals surface area contributed by atoms with E-state index in [9.17, 15) is 14.7 Å². The van der Waals surface area contributed by atoms with Crippen LogP contribution in [0.2, 0.25) is 0 Å². The van der Waals surface area contributed by atoms with Gasteiger partial charge in [-0.05, 0) is 55.5 Å². The van der Waals surface area contributed by atoms with Gasteiger partial charge in [0.1, 0.15) is 5.75 Å². The van der Waals surface area contributed by atoms with Crippen LogP contribution in [-0.2, 0) is 16.0 Å². The highest BCUT2D eigenvalue weighted by Gasteiger charge is 2.41. The van der Waals surface area contributed by atoms with Crippen molar-refractivity contribution in [3.63, 3.8) is 0 Å². The number of nitrogens with zero attached hydrogens (tertiary/aromatic N) is 3. The number of methoxy groups -OCH3 is 1. The summed E-state index contributed by atoms with van der Waals surface area (Å²) in [5.74, 6) is 0.349. The first-order valence-electron chi connectivity index (χ1n) is 13.8. The lowest BCUT2D eigenvalue weighted by molar-refractivity contribution is -0.149. The predicted octanol–water partition coefficient (Wildman–Crippen LogP) is 3.52. The van der Waals surface area contributed by atoms with Crippen LogP contribution in [0.4, 0.5) is 5.69 Å². The number of rotatable bonds is 6. The van der Waals surface area contributed by atoms with Crippen LogP contribution in [0.3, 0.4) is 0 Å². The predicted molar refractivity (Wildman–Crippen MR) is 148 cm³/mol. The Morgan fingerprint density at radius 1 is 0.816 bits per heavy atom. The minimum atomic E-state index is -0.788. The summed E-state index contributed by atoms with van der Waals surface area (Å²) in [6, 6.07) is 18.1. The Bertz CT molecular complexity index is 1120. The van der Waals surface area contributed by atoms with Crippen molar-refractivity contribution in [1.29, 1.82) is 0 Å². The number of hydrogen-bond acceptors (Lipinski definition) is 5. The van der Waals surface area contributed by atoms with Crippen molar-refractivity contribution in [2.24, 2.45) is 11.8 Å². The molecule has 202 valence electrons. The Labute approximate surface area is 225 Å². The molecule has 2 aromatic rings. The van der Waals surface area contributed by atoms with Crippen molar-refractivity contribution in [2.45, 2.75) is 37.7 Å². The molecule has 0 saturated carbocycles. The van der Waals surface area contributed by atoms with Gasteiger partial charge in [0.05, 0.1) is 24.5 Å². The minimum Gasteiger partial charge on any atom is -0.497 e. The molecule has 2 heterocycles. The number of carbonyl (C=O) groups excluding carboxylic acids is 2. The van der Waals surface area contributed by atoms with Gasteiger partial charge in [-0.1, -0.05) is 42.5 Å². The van der Waals surface area contributed by atoms with Crippen molar-refractivity contribution >= 4 is 17.5 Å². The molecular formula is C31H39N3O4. The van der Waals surface area contributed by atoms with Crippen LogP contribution in [0.1, 0.15) is 31.2 Å². The number of ether oxygens (including phenoxy) is 1. The standard InChI is InChI=1S/C31H39N3O4/c1-38-26-13-11-25(12-14-26)32-19-21-34(22-20-32)30(36)28-10-6-5-9-27(28)29(35)33-17-15-31(37,16-18-33)23-24-7-3-2-4-8-24/h2-8,11-14,27-28,37H,9-10,15-23H2,1H3. The van der Waals surface area contributed by atoms with Crippen molar-refractivity contribution in [2.75, 3.05) is 51.3 Å². The third kappa shape index (κ3) is 5.88. The van der Waals surface area contributed by atoms with Gasteiger partial charge in [0.25, 0.3) is 0 Å². The van der Waals surface area contributed by atoms with E-state index < -0.39 is 5.60 Å². The highest BCUT2D eigenvalue weighted by molar-refractivity contribution is 5.88. The fraction of sp³-hybridized carbons (Fsp3) is 0.484. The molecule has 2 fully saturated rings. The van der Waals surface area contributed by atoms with Crippen molar-refractivity contribution in [3.8, 4) is 5.75 Å². The molecule has 3 aliphatic rings. The first-order chi connectivity index (χ1) is 18.5. The molecule has 0 spiro atoms. The number of likely N-dealkylation sites (tertiary alicyclic amines) is 1. The zero-order valence-electron chi connectivity index (χ0n) is 22.3. The largest absolute Gasteiger partial charge is 0.497 e. The van der Waals surface area contributed by atoms with Crippen LogP contribution in [0, 0.1) is 11.8 Å². The van der Waals surface area contributed by atoms with Crippen LogP contribution < -0.4 is 9.64 Å². The topological polar surface area (TPSA) is 73.3 Å². The number of benzene rings is 2. The van der Waals surface area contributed by atoms with E-state index >= 15 is 0 Å². The summed E-state index contributed by atoms with van der Waals surface area (Å²) in [6.07, 6.45) is 7.03. The van der Waals surface area contributed by atoms with E-state index in [1.165, 1.54) is 0 Å². The molecule has 38 heavy (non-hydrogen) atoms. The molecule has 0 aromatic heterocycles. The Kier molecular flexibility index (Phi) is 8.03. The lowest BCUT2D eigenvalue weighted by atomic mass is 9.79. The average Bonchev–Trinajstić information content (AvgIpc) is 2.97. The third-order valence-electron chi connectivity index (χ3n) is 8.48. The molecule has 2 aromatic carbocycles. The Balaban J connectivity index is 1.16. The zero-order chi connectivity index (χ0) is 26.5. The second-order valence-electron chi connectivity index (χ2n) is 10.9. The van der Waals surface area contributed by atoms with Gasteiger partial charge >= 0.3 is 0 Å². The molecule has 5 rings (SSSR count). The number of piperazine rings is 1. The molecule has 7 nitrogen and oxygen atoms in total. The van der Waals surface area contributed by atoms with Crippen LogP contribution in [-0.4, -0.2) is 78.7 Å². The van der Waals surface area contributed by atoms with Crippen LogP contribution in [0.5, 0.6) is 5.75 Å². The normalized spacial score (nSPS) is 23.3. The second-order valence-corrected chi connectivity index (χ2v) is 10.9. The maximum Gasteiger partial charge on any atom is 0.226 e. The molecule has 2 saturated heterocycles. The lowest BCUT2D eigenvalue weighted by Gasteiger charge is -2.42. The van der Waals surface area contributed by atoms with E-state index in [2.05, 4.69) is 23.1 Å². The Morgan fingerprint density at radius 2 is 1.37 bits per heavy atom. The summed E-state index contributed by atoms with van der Waals surface area (Å²) < 4.78 is 5.26. The first-order valence-corrected chi connectivity index (χ1v) is 13.8. The number of carbonyl (C=O) groups is 2. The molecule has 1 aliphatic carbocycles. The fourth-order valence-corrected chi connectivity index (χ4v) is 6.10. The summed E-state index contributed by atoms with van der Waals surface area (Å²) in [6.45, 7) is 3.91. The molecule has 2 aliphatic heterocycles. The maximum absolute atomic E-state index is 13.6. The van der Waals surface area contributed by atoms with Gasteiger partial charge in [-0.2, -0.15) is 0 Å². The SMILES string of the molecule is COc1ccc(N2CCN(C(=O)C3CC=CCC3C(=O)N3CCC(O)(Cc4ccccc4)CC3)CC2)cc1. The molecular weight excluding hydrogens is 478 g/mol. The number of amides is 2. The molecule has 7 heteroatoms. The summed E-state index contributed by atoms with van der Waals surface area (Å²) in [5.41, 5.74) is 1.46. The van der Waals surface area contributed by atoms with Gasteiger partial charge in [0.15, 0.2) is 0 Å². The maximum atomic E-state index is 13.6. The highest BCUT2D eigenvalue weighted by Crippen LogP contribution is 2.33. The van der Waals surface area contributed by atoms with Crippen LogP contribution in [0.25, 0.3) is 0 Å². The second kappa shape index (κ2) is 11.6. The van der Waals surface area contributed by atoms with E-state index in [1.807, 2.05) is 58.3 Å². The quantitative estimate of drug-likeness (QED) is 0.594. The van der Waals surface area contributed by atoms with Crippen LogP contribution in [0.15, 0.2) is 66.7 Å². The van der Waals surface area contributed by atoms with Gasteiger partial charge in [0.2, 0.25) is 11.8 Å². The fourth-order valence-electron chi connectivity index (χ4n) is 6.10. The van der Waals surface area contributed by atoms with Crippen molar-refractivity contribution in [1.82, 2.24) is 9.80 Å². The zero-order valence-corrected chi connectivity index (χ0v) is 22.3. The van der Waals surface area contributed by atoms with E-state index in [0.717, 1.165) is 30.1 Å². The smallest absolute Gasteiger partial charge is 0.226 e. The first kappa shape index (κ1) is 26.3. The number of piperidine rings is 1. The monoisotopic (exact) mass is 517 g/mol. The van der Waals surface area contributed by atoms with Crippen molar-refractivity contribution < 1.29 is 19.4 Å². The summed E-state index contributed by atoms with van der Waals surface area (Å²) in [7, 11) is 1.66. The average molecular weight is 518 g/mol. The van der Waals surface area contributed by atoms with E-state index in [1.54, 1.807) is 7.11 Å². The molecule has 0 bridgehead atoms. The molecule has 2 atom stereocenters. The van der Waals surface area contributed by atoms with Gasteiger partial charge in [-0.3, -0.25) is 9.59 Å². The Hall–Kier alpha value is -3.32. The van der Waals surface area contributed by atoms with Gasteiger partial charge in [0, 0.05) is 51.4 Å². The van der Waals surface area contributed by atoms with Gasteiger partial charge in [-0.25, -0.2) is 0 Å². The van der Waals surface area contributed by atoms with Gasteiger partial charge < -0.3 is 24.5 Å². The van der Waals surface area contributed by atoms with E-state index in [-0.39, 0.29) is 23.7 Å². The number of hydrogen-bond donors (Lipinski definition) is 1.